The van der Waals surface area contributed by atoms with Crippen LogP contribution in [0.3, 0.4) is 0 Å². The van der Waals surface area contributed by atoms with Gasteiger partial charge >= 0.3 is 0 Å². The van der Waals surface area contributed by atoms with E-state index in [1.54, 1.807) is 24.3 Å². The Morgan fingerprint density at radius 1 is 1.16 bits per heavy atom. The number of hydrogen-bond acceptors (Lipinski definition) is 2. The molecule has 98 valence electrons. The molecule has 2 nitrogen and oxygen atoms in total. The van der Waals surface area contributed by atoms with Gasteiger partial charge in [-0.1, -0.05) is 41.5 Å². The molecule has 19 heavy (non-hydrogen) atoms. The molecule has 0 radical (unpaired) electrons. The van der Waals surface area contributed by atoms with Crippen molar-refractivity contribution < 1.29 is 4.39 Å². The van der Waals surface area contributed by atoms with Crippen LogP contribution in [-0.2, 0) is 0 Å². The number of anilines is 2. The molecule has 0 saturated carbocycles. The third-order valence-electron chi connectivity index (χ3n) is 2.47. The van der Waals surface area contributed by atoms with Gasteiger partial charge in [0.2, 0.25) is 0 Å². The summed E-state index contributed by atoms with van der Waals surface area (Å²) in [5.74, 6) is -0.412. The quantitative estimate of drug-likeness (QED) is 0.819. The molecule has 0 aliphatic rings. The van der Waals surface area contributed by atoms with E-state index in [9.17, 15) is 4.39 Å². The maximum Gasteiger partial charge on any atom is 0.124 e. The Morgan fingerprint density at radius 2 is 1.89 bits per heavy atom. The second kappa shape index (κ2) is 5.74. The van der Waals surface area contributed by atoms with Crippen LogP contribution < -0.4 is 11.1 Å². The van der Waals surface area contributed by atoms with Crippen LogP contribution in [0.4, 0.5) is 15.8 Å². The first-order chi connectivity index (χ1) is 8.99. The molecule has 0 bridgehead atoms. The van der Waals surface area contributed by atoms with Gasteiger partial charge in [0.15, 0.2) is 0 Å². The normalized spacial score (nSPS) is 10.3. The molecule has 0 atom stereocenters. The Labute approximate surface area is 125 Å². The lowest BCUT2D eigenvalue weighted by Gasteiger charge is -2.13. The zero-order valence-electron chi connectivity index (χ0n) is 9.58. The summed E-state index contributed by atoms with van der Waals surface area (Å²) >= 11 is 16.9. The first-order valence-corrected chi connectivity index (χ1v) is 6.46. The zero-order chi connectivity index (χ0) is 14.0. The lowest BCUT2D eigenvalue weighted by molar-refractivity contribution is 0.628. The molecule has 0 spiro atoms. The van der Waals surface area contributed by atoms with Gasteiger partial charge in [0.05, 0.1) is 15.7 Å². The SMILES string of the molecule is NC(=S)c1cc(F)ccc1Nc1cccc(Cl)c1Cl. The van der Waals surface area contributed by atoms with E-state index < -0.39 is 5.82 Å². The lowest BCUT2D eigenvalue weighted by Crippen LogP contribution is -2.12. The van der Waals surface area contributed by atoms with Crippen molar-refractivity contribution in [1.82, 2.24) is 0 Å². The van der Waals surface area contributed by atoms with Crippen LogP contribution in [0.15, 0.2) is 36.4 Å². The van der Waals surface area contributed by atoms with E-state index in [2.05, 4.69) is 5.32 Å². The van der Waals surface area contributed by atoms with Gasteiger partial charge in [-0.25, -0.2) is 4.39 Å². The molecular weight excluding hydrogens is 306 g/mol. The van der Waals surface area contributed by atoms with E-state index in [1.165, 1.54) is 12.1 Å². The van der Waals surface area contributed by atoms with Crippen molar-refractivity contribution in [3.05, 3.63) is 57.8 Å². The third kappa shape index (κ3) is 3.15. The smallest absolute Gasteiger partial charge is 0.124 e. The highest BCUT2D eigenvalue weighted by Crippen LogP contribution is 2.32. The Morgan fingerprint density at radius 3 is 2.58 bits per heavy atom. The fourth-order valence-electron chi connectivity index (χ4n) is 1.57. The summed E-state index contributed by atoms with van der Waals surface area (Å²) in [7, 11) is 0. The van der Waals surface area contributed by atoms with Gasteiger partial charge in [0.25, 0.3) is 0 Å². The van der Waals surface area contributed by atoms with Crippen LogP contribution in [-0.4, -0.2) is 4.99 Å². The van der Waals surface area contributed by atoms with E-state index >= 15 is 0 Å². The van der Waals surface area contributed by atoms with Crippen LogP contribution in [0.1, 0.15) is 5.56 Å². The van der Waals surface area contributed by atoms with Gasteiger partial charge in [0, 0.05) is 11.3 Å². The Balaban J connectivity index is 2.44. The minimum atomic E-state index is -0.412. The molecule has 0 unspecified atom stereocenters. The van der Waals surface area contributed by atoms with Crippen LogP contribution in [0.25, 0.3) is 0 Å². The fraction of sp³-hybridized carbons (Fsp3) is 0. The molecular formula is C13H9Cl2FN2S. The van der Waals surface area contributed by atoms with E-state index in [-0.39, 0.29) is 4.99 Å². The minimum Gasteiger partial charge on any atom is -0.389 e. The molecule has 0 fully saturated rings. The van der Waals surface area contributed by atoms with Crippen molar-refractivity contribution in [2.75, 3.05) is 5.32 Å². The molecule has 2 aromatic carbocycles. The fourth-order valence-corrected chi connectivity index (χ4v) is 2.09. The molecule has 2 rings (SSSR count). The number of thiocarbonyl (C=S) groups is 1. The van der Waals surface area contributed by atoms with Gasteiger partial charge in [-0.3, -0.25) is 0 Å². The Hall–Kier alpha value is -1.36. The van der Waals surface area contributed by atoms with Crippen LogP contribution in [0.2, 0.25) is 10.0 Å². The highest BCUT2D eigenvalue weighted by atomic mass is 35.5. The predicted octanol–water partition coefficient (Wildman–Crippen LogP) is 4.51. The standard InChI is InChI=1S/C13H9Cl2FN2S/c14-9-2-1-3-11(12(9)15)18-10-5-4-7(16)6-8(10)13(17)19/h1-6,18H,(H2,17,19). The Bertz CT molecular complexity index is 647. The van der Waals surface area contributed by atoms with Crippen molar-refractivity contribution in [2.24, 2.45) is 5.73 Å². The van der Waals surface area contributed by atoms with Crippen LogP contribution >= 0.6 is 35.4 Å². The zero-order valence-corrected chi connectivity index (χ0v) is 11.9. The van der Waals surface area contributed by atoms with E-state index in [0.717, 1.165) is 0 Å². The summed E-state index contributed by atoms with van der Waals surface area (Å²) in [6, 6.07) is 9.29. The van der Waals surface area contributed by atoms with Gasteiger partial charge in [-0.05, 0) is 30.3 Å². The average molecular weight is 315 g/mol. The summed E-state index contributed by atoms with van der Waals surface area (Å²) in [6.07, 6.45) is 0. The maximum atomic E-state index is 13.2. The van der Waals surface area contributed by atoms with E-state index in [1.807, 2.05) is 0 Å². The lowest BCUT2D eigenvalue weighted by atomic mass is 10.1. The minimum absolute atomic E-state index is 0.0974. The summed E-state index contributed by atoms with van der Waals surface area (Å²) in [6.45, 7) is 0. The molecule has 0 aromatic heterocycles. The summed E-state index contributed by atoms with van der Waals surface area (Å²) in [5.41, 5.74) is 7.14. The molecule has 2 aromatic rings. The highest BCUT2D eigenvalue weighted by Gasteiger charge is 2.10. The molecule has 0 amide bonds. The number of benzene rings is 2. The summed E-state index contributed by atoms with van der Waals surface area (Å²) < 4.78 is 13.2. The number of halogens is 3. The highest BCUT2D eigenvalue weighted by molar-refractivity contribution is 7.80. The van der Waals surface area contributed by atoms with Crippen molar-refractivity contribution >= 4 is 51.8 Å². The van der Waals surface area contributed by atoms with Gasteiger partial charge < -0.3 is 11.1 Å². The first-order valence-electron chi connectivity index (χ1n) is 5.29. The van der Waals surface area contributed by atoms with Crippen molar-refractivity contribution in [2.45, 2.75) is 0 Å². The van der Waals surface area contributed by atoms with Gasteiger partial charge in [-0.2, -0.15) is 0 Å². The summed E-state index contributed by atoms with van der Waals surface area (Å²) in [5, 5.41) is 3.84. The topological polar surface area (TPSA) is 38.0 Å². The molecule has 0 aliphatic heterocycles. The average Bonchev–Trinajstić information content (AvgIpc) is 2.36. The largest absolute Gasteiger partial charge is 0.389 e. The second-order valence-corrected chi connectivity index (χ2v) is 5.01. The first kappa shape index (κ1) is 14.1. The van der Waals surface area contributed by atoms with Crippen molar-refractivity contribution in [1.29, 1.82) is 0 Å². The molecule has 0 aliphatic carbocycles. The number of nitrogens with one attached hydrogen (secondary N) is 1. The molecule has 0 saturated heterocycles. The maximum absolute atomic E-state index is 13.2. The number of rotatable bonds is 3. The van der Waals surface area contributed by atoms with Crippen molar-refractivity contribution in [3.63, 3.8) is 0 Å². The number of nitrogens with two attached hydrogens (primary N) is 1. The summed E-state index contributed by atoms with van der Waals surface area (Å²) in [4.78, 5) is 0.0974. The molecule has 6 heteroatoms. The predicted molar refractivity (Wildman–Crippen MR) is 82.0 cm³/mol. The van der Waals surface area contributed by atoms with Crippen molar-refractivity contribution in [3.8, 4) is 0 Å². The van der Waals surface area contributed by atoms with Gasteiger partial charge in [-0.15, -0.1) is 0 Å². The Kier molecular flexibility index (Phi) is 4.24. The third-order valence-corrected chi connectivity index (χ3v) is 3.51. The number of hydrogen-bond donors (Lipinski definition) is 2. The van der Waals surface area contributed by atoms with Gasteiger partial charge in [0.1, 0.15) is 10.8 Å². The van der Waals surface area contributed by atoms with Crippen LogP contribution in [0.5, 0.6) is 0 Å². The van der Waals surface area contributed by atoms with Crippen LogP contribution in [0, 0.1) is 5.82 Å². The van der Waals surface area contributed by atoms with E-state index in [0.29, 0.717) is 27.0 Å². The molecule has 3 N–H and O–H groups in total. The van der Waals surface area contributed by atoms with E-state index in [4.69, 9.17) is 41.2 Å². The monoisotopic (exact) mass is 314 g/mol. The molecule has 0 heterocycles. The second-order valence-electron chi connectivity index (χ2n) is 3.78.